The van der Waals surface area contributed by atoms with E-state index >= 15 is 0 Å². The number of amidine groups is 1. The summed E-state index contributed by atoms with van der Waals surface area (Å²) in [6.07, 6.45) is 0.898. The summed E-state index contributed by atoms with van der Waals surface area (Å²) in [7, 11) is -4.45. The Morgan fingerprint density at radius 2 is 2.29 bits per heavy atom. The molecule has 1 fully saturated rings. The molecule has 11 heteroatoms. The zero-order valence-corrected chi connectivity index (χ0v) is 12.1. The number of nitrogens with one attached hydrogen (secondary N) is 2. The number of ether oxygens (including phenoxy) is 1. The Hall–Kier alpha value is -1.32. The van der Waals surface area contributed by atoms with Crippen LogP contribution in [0.3, 0.4) is 0 Å². The minimum absolute atomic E-state index is 0.120. The highest BCUT2D eigenvalue weighted by Crippen LogP contribution is 2.37. The average Bonchev–Trinajstić information content (AvgIpc) is 3.02. The number of aliphatic imine (C=N–C) groups is 1. The van der Waals surface area contributed by atoms with Crippen LogP contribution in [-0.4, -0.2) is 52.8 Å². The molecule has 0 unspecified atom stereocenters. The molecule has 0 bridgehead atoms. The average molecular weight is 319 g/mol. The molecule has 118 valence electrons. The maximum absolute atomic E-state index is 10.7. The Morgan fingerprint density at radius 1 is 1.48 bits per heavy atom. The van der Waals surface area contributed by atoms with Crippen LogP contribution in [0.1, 0.15) is 12.8 Å². The van der Waals surface area contributed by atoms with Crippen molar-refractivity contribution >= 4 is 13.7 Å². The Morgan fingerprint density at radius 3 is 3.05 bits per heavy atom. The first-order valence-electron chi connectivity index (χ1n) is 6.58. The van der Waals surface area contributed by atoms with Crippen LogP contribution in [0.4, 0.5) is 0 Å². The van der Waals surface area contributed by atoms with E-state index in [4.69, 9.17) is 20.3 Å². The van der Waals surface area contributed by atoms with Crippen molar-refractivity contribution in [2.45, 2.75) is 25.2 Å². The zero-order valence-electron chi connectivity index (χ0n) is 11.2. The molecule has 21 heavy (non-hydrogen) atoms. The van der Waals surface area contributed by atoms with E-state index in [1.54, 1.807) is 0 Å². The van der Waals surface area contributed by atoms with E-state index in [0.717, 1.165) is 17.9 Å². The minimum Gasteiger partial charge on any atom is -0.382 e. The number of nitrogens with two attached hydrogens (primary N) is 1. The lowest BCUT2D eigenvalue weighted by Crippen LogP contribution is -2.40. The van der Waals surface area contributed by atoms with Gasteiger partial charge >= 0.3 is 7.82 Å². The molecular weight excluding hydrogens is 301 g/mol. The van der Waals surface area contributed by atoms with Crippen molar-refractivity contribution in [3.63, 3.8) is 0 Å². The van der Waals surface area contributed by atoms with Gasteiger partial charge in [-0.1, -0.05) is 0 Å². The highest BCUT2D eigenvalue weighted by molar-refractivity contribution is 7.46. The van der Waals surface area contributed by atoms with Gasteiger partial charge in [-0.2, -0.15) is 0 Å². The normalized spacial score (nSPS) is 29.0. The van der Waals surface area contributed by atoms with Crippen LogP contribution in [0.15, 0.2) is 16.5 Å². The van der Waals surface area contributed by atoms with Crippen molar-refractivity contribution < 1.29 is 23.6 Å². The summed E-state index contributed by atoms with van der Waals surface area (Å²) in [4.78, 5) is 23.5. The lowest BCUT2D eigenvalue weighted by molar-refractivity contribution is -0.0541. The first-order valence-corrected chi connectivity index (χ1v) is 8.11. The van der Waals surface area contributed by atoms with Gasteiger partial charge in [0.05, 0.1) is 19.4 Å². The topological polar surface area (TPSA) is 142 Å². The summed E-state index contributed by atoms with van der Waals surface area (Å²) in [5.41, 5.74) is 6.58. The smallest absolute Gasteiger partial charge is 0.382 e. The molecule has 0 aromatic heterocycles. The van der Waals surface area contributed by atoms with Gasteiger partial charge in [0.25, 0.3) is 0 Å². The van der Waals surface area contributed by atoms with Gasteiger partial charge in [0, 0.05) is 0 Å². The highest BCUT2D eigenvalue weighted by Gasteiger charge is 2.37. The minimum atomic E-state index is -4.45. The van der Waals surface area contributed by atoms with Crippen LogP contribution in [0.2, 0.25) is 0 Å². The van der Waals surface area contributed by atoms with Gasteiger partial charge < -0.3 is 35.8 Å². The number of rotatable bonds is 4. The molecule has 0 aromatic carbocycles. The van der Waals surface area contributed by atoms with E-state index in [1.165, 1.54) is 0 Å². The van der Waals surface area contributed by atoms with Crippen LogP contribution in [0.5, 0.6) is 0 Å². The molecule has 1 saturated heterocycles. The molecule has 0 spiro atoms. The van der Waals surface area contributed by atoms with Gasteiger partial charge in [-0.05, 0) is 12.8 Å². The number of hydrogen-bond acceptors (Lipinski definition) is 8. The second-order valence-electron chi connectivity index (χ2n) is 4.98. The third-order valence-electron chi connectivity index (χ3n) is 3.56. The van der Waals surface area contributed by atoms with E-state index in [0.29, 0.717) is 25.6 Å². The molecule has 0 saturated carbocycles. The van der Waals surface area contributed by atoms with Crippen molar-refractivity contribution in [1.29, 1.82) is 0 Å². The molecule has 0 radical (unpaired) electrons. The summed E-state index contributed by atoms with van der Waals surface area (Å²) in [6, 6.07) is 0. The fourth-order valence-corrected chi connectivity index (χ4v) is 2.98. The van der Waals surface area contributed by atoms with Crippen molar-refractivity contribution in [3.8, 4) is 0 Å². The molecule has 3 aliphatic rings. The summed E-state index contributed by atoms with van der Waals surface area (Å²) in [5, 5.41) is 6.31. The van der Waals surface area contributed by atoms with E-state index in [-0.39, 0.29) is 18.9 Å². The third kappa shape index (κ3) is 3.14. The third-order valence-corrected chi connectivity index (χ3v) is 4.05. The van der Waals surface area contributed by atoms with Crippen LogP contribution in [-0.2, 0) is 13.8 Å². The van der Waals surface area contributed by atoms with Crippen LogP contribution in [0, 0.1) is 0 Å². The molecule has 3 heterocycles. The van der Waals surface area contributed by atoms with E-state index in [9.17, 15) is 4.57 Å². The number of nitrogens with zero attached hydrogens (tertiary/aromatic N) is 2. The molecule has 0 amide bonds. The lowest BCUT2D eigenvalue weighted by Gasteiger charge is -2.29. The summed E-state index contributed by atoms with van der Waals surface area (Å²) < 4.78 is 21.0. The predicted octanol–water partition coefficient (Wildman–Crippen LogP) is -1.45. The summed E-state index contributed by atoms with van der Waals surface area (Å²) >= 11 is 0. The van der Waals surface area contributed by atoms with Gasteiger partial charge in [-0.15, -0.1) is 0 Å². The van der Waals surface area contributed by atoms with Crippen molar-refractivity contribution in [2.24, 2.45) is 10.7 Å². The van der Waals surface area contributed by atoms with Gasteiger partial charge in [0.15, 0.2) is 0 Å². The first-order chi connectivity index (χ1) is 9.94. The second kappa shape index (κ2) is 5.47. The van der Waals surface area contributed by atoms with Crippen LogP contribution < -0.4 is 16.4 Å². The molecule has 0 aliphatic carbocycles. The maximum atomic E-state index is 10.7. The Bertz CT molecular complexity index is 532. The Labute approximate surface area is 121 Å². The standard InChI is InChI=1S/C10H18N5O5P/c11-9-8-10(13-4-12-9)15(5-14-8)7-2-1-6(20-7)3-19-21(16,17)18/h6-7,13-14H,1-5H2,(H2,11,12)(H2,16,17,18)/t6-,7+/m0/s1. The largest absolute Gasteiger partial charge is 0.469 e. The van der Waals surface area contributed by atoms with Crippen LogP contribution in [0.25, 0.3) is 0 Å². The Balaban J connectivity index is 1.60. The molecule has 3 rings (SSSR count). The Kier molecular flexibility index (Phi) is 3.80. The molecule has 2 atom stereocenters. The zero-order chi connectivity index (χ0) is 15.0. The lowest BCUT2D eigenvalue weighted by atomic mass is 10.2. The van der Waals surface area contributed by atoms with E-state index in [2.05, 4.69) is 20.1 Å². The number of hydrogen-bond donors (Lipinski definition) is 5. The molecular formula is C10H18N5O5P. The SMILES string of the molecule is NC1=NCNC2=C1NCN2[C@H]1CC[C@@H](COP(=O)(O)O)O1. The quantitative estimate of drug-likeness (QED) is 0.393. The predicted molar refractivity (Wildman–Crippen MR) is 72.4 cm³/mol. The molecule has 0 aromatic rings. The van der Waals surface area contributed by atoms with Crippen molar-refractivity contribution in [3.05, 3.63) is 11.5 Å². The second-order valence-corrected chi connectivity index (χ2v) is 6.22. The number of phosphoric acid groups is 1. The van der Waals surface area contributed by atoms with Gasteiger partial charge in [0.2, 0.25) is 0 Å². The van der Waals surface area contributed by atoms with Gasteiger partial charge in [-0.3, -0.25) is 4.52 Å². The van der Waals surface area contributed by atoms with E-state index in [1.807, 2.05) is 4.90 Å². The van der Waals surface area contributed by atoms with Crippen molar-refractivity contribution in [1.82, 2.24) is 15.5 Å². The fourth-order valence-electron chi connectivity index (χ4n) is 2.62. The summed E-state index contributed by atoms with van der Waals surface area (Å²) in [5.74, 6) is 1.31. The maximum Gasteiger partial charge on any atom is 0.469 e. The molecule has 3 aliphatic heterocycles. The van der Waals surface area contributed by atoms with Crippen LogP contribution >= 0.6 is 7.82 Å². The summed E-state index contributed by atoms with van der Waals surface area (Å²) in [6.45, 7) is 0.843. The van der Waals surface area contributed by atoms with Crippen molar-refractivity contribution in [2.75, 3.05) is 19.9 Å². The monoisotopic (exact) mass is 319 g/mol. The van der Waals surface area contributed by atoms with E-state index < -0.39 is 7.82 Å². The van der Waals surface area contributed by atoms with Gasteiger partial charge in [0.1, 0.15) is 30.3 Å². The molecule has 6 N–H and O–H groups in total. The fraction of sp³-hybridized carbons (Fsp3) is 0.700. The first kappa shape index (κ1) is 14.6. The highest BCUT2D eigenvalue weighted by atomic mass is 31.2. The van der Waals surface area contributed by atoms with Gasteiger partial charge in [-0.25, -0.2) is 9.56 Å². The number of phosphoric ester groups is 1. The molecule has 10 nitrogen and oxygen atoms in total.